The van der Waals surface area contributed by atoms with Crippen LogP contribution in [0.2, 0.25) is 0 Å². The Hall–Kier alpha value is -3.71. The Morgan fingerprint density at radius 2 is 2.12 bits per heavy atom. The molecule has 32 heavy (non-hydrogen) atoms. The number of aromatic nitrogens is 2. The lowest BCUT2D eigenvalue weighted by Gasteiger charge is -2.33. The molecule has 168 valence electrons. The van der Waals surface area contributed by atoms with Gasteiger partial charge in [0.1, 0.15) is 12.0 Å². The number of carbonyl (C=O) groups excluding carboxylic acids is 1. The zero-order chi connectivity index (χ0) is 22.9. The molecule has 2 N–H and O–H groups in total. The number of ether oxygens (including phenoxy) is 2. The fourth-order valence-corrected chi connectivity index (χ4v) is 3.62. The van der Waals surface area contributed by atoms with Gasteiger partial charge in [-0.2, -0.15) is 13.4 Å². The topological polar surface area (TPSA) is 136 Å². The summed E-state index contributed by atoms with van der Waals surface area (Å²) in [7, 11) is -2.71. The SMILES string of the molecule is CNS(=O)(=O)Nc1cccc(CN2C(=O)Oc3cc(Oc4ncco4)cnc3C2C)c1F. The van der Waals surface area contributed by atoms with E-state index in [9.17, 15) is 17.6 Å². The molecule has 0 saturated heterocycles. The minimum atomic E-state index is -3.91. The second-order valence-electron chi connectivity index (χ2n) is 6.71. The van der Waals surface area contributed by atoms with Crippen LogP contribution >= 0.6 is 0 Å². The van der Waals surface area contributed by atoms with Gasteiger partial charge in [-0.3, -0.25) is 14.6 Å². The summed E-state index contributed by atoms with van der Waals surface area (Å²) in [5.74, 6) is -0.353. The van der Waals surface area contributed by atoms with Crippen molar-refractivity contribution < 1.29 is 31.5 Å². The Bertz CT molecular complexity index is 1250. The molecule has 3 aromatic rings. The van der Waals surface area contributed by atoms with Crippen molar-refractivity contribution in [3.63, 3.8) is 0 Å². The van der Waals surface area contributed by atoms with Gasteiger partial charge >= 0.3 is 12.2 Å². The van der Waals surface area contributed by atoms with Gasteiger partial charge in [0.2, 0.25) is 0 Å². The lowest BCUT2D eigenvalue weighted by molar-refractivity contribution is 0.114. The zero-order valence-electron chi connectivity index (χ0n) is 16.9. The van der Waals surface area contributed by atoms with E-state index >= 15 is 0 Å². The molecule has 2 aromatic heterocycles. The quantitative estimate of drug-likeness (QED) is 0.546. The van der Waals surface area contributed by atoms with Crippen molar-refractivity contribution in [1.29, 1.82) is 0 Å². The molecule has 4 rings (SSSR count). The minimum Gasteiger partial charge on any atom is -0.417 e. The maximum absolute atomic E-state index is 14.9. The number of benzene rings is 1. The largest absolute Gasteiger partial charge is 0.417 e. The third-order valence-electron chi connectivity index (χ3n) is 4.70. The van der Waals surface area contributed by atoms with Gasteiger partial charge in [0.25, 0.3) is 10.2 Å². The molecule has 3 heterocycles. The van der Waals surface area contributed by atoms with Crippen LogP contribution in [-0.2, 0) is 16.8 Å². The van der Waals surface area contributed by atoms with E-state index in [1.54, 1.807) is 6.92 Å². The molecule has 0 fully saturated rings. The van der Waals surface area contributed by atoms with Crippen LogP contribution < -0.4 is 18.9 Å². The molecule has 1 aliphatic rings. The van der Waals surface area contributed by atoms with Crippen molar-refractivity contribution in [2.75, 3.05) is 11.8 Å². The number of anilines is 1. The van der Waals surface area contributed by atoms with Gasteiger partial charge in [0, 0.05) is 18.7 Å². The van der Waals surface area contributed by atoms with E-state index in [0.29, 0.717) is 5.69 Å². The number of halogens is 1. The summed E-state index contributed by atoms with van der Waals surface area (Å²) >= 11 is 0. The van der Waals surface area contributed by atoms with E-state index in [1.165, 1.54) is 54.9 Å². The van der Waals surface area contributed by atoms with Crippen LogP contribution in [0.4, 0.5) is 14.9 Å². The molecule has 1 atom stereocenters. The molecular formula is C19H18FN5O6S. The Kier molecular flexibility index (Phi) is 5.67. The first-order chi connectivity index (χ1) is 15.3. The number of oxazole rings is 1. The average Bonchev–Trinajstić information content (AvgIpc) is 3.26. The van der Waals surface area contributed by atoms with Crippen LogP contribution in [0.3, 0.4) is 0 Å². The predicted octanol–water partition coefficient (Wildman–Crippen LogP) is 2.95. The molecule has 1 unspecified atom stereocenters. The zero-order valence-corrected chi connectivity index (χ0v) is 17.7. The summed E-state index contributed by atoms with van der Waals surface area (Å²) in [5, 5.41) is 0. The molecule has 1 amide bonds. The number of hydrogen-bond acceptors (Lipinski definition) is 8. The fraction of sp³-hybridized carbons (Fsp3) is 0.211. The van der Waals surface area contributed by atoms with Gasteiger partial charge in [-0.05, 0) is 13.0 Å². The highest BCUT2D eigenvalue weighted by Crippen LogP contribution is 2.37. The standard InChI is InChI=1S/C19H18FN5O6S/c1-11-17-15(8-13(9-23-17)30-18-22-6-7-29-18)31-19(26)25(11)10-12-4-3-5-14(16(12)20)24-32(27,28)21-2/h3-9,11,21,24H,10H2,1-2H3. The summed E-state index contributed by atoms with van der Waals surface area (Å²) in [6, 6.07) is 5.12. The van der Waals surface area contributed by atoms with Crippen molar-refractivity contribution >= 4 is 22.0 Å². The lowest BCUT2D eigenvalue weighted by Crippen LogP contribution is -2.40. The van der Waals surface area contributed by atoms with E-state index < -0.39 is 28.2 Å². The number of rotatable bonds is 7. The summed E-state index contributed by atoms with van der Waals surface area (Å²) in [4.78, 5) is 22.0. The van der Waals surface area contributed by atoms with Crippen molar-refractivity contribution in [2.45, 2.75) is 19.5 Å². The highest BCUT2D eigenvalue weighted by atomic mass is 32.2. The Labute approximate surface area is 182 Å². The molecule has 0 saturated carbocycles. The van der Waals surface area contributed by atoms with E-state index in [2.05, 4.69) is 14.7 Å². The van der Waals surface area contributed by atoms with Crippen LogP contribution in [0.15, 0.2) is 47.3 Å². The molecule has 0 aliphatic carbocycles. The summed E-state index contributed by atoms with van der Waals surface area (Å²) in [5.41, 5.74) is 0.288. The Morgan fingerprint density at radius 3 is 2.84 bits per heavy atom. The van der Waals surface area contributed by atoms with Gasteiger partial charge in [-0.25, -0.2) is 13.9 Å². The first-order valence-corrected chi connectivity index (χ1v) is 10.8. The van der Waals surface area contributed by atoms with Gasteiger partial charge in [0.05, 0.1) is 30.7 Å². The maximum atomic E-state index is 14.9. The average molecular weight is 463 g/mol. The summed E-state index contributed by atoms with van der Waals surface area (Å²) < 4.78 is 58.2. The third kappa shape index (κ3) is 4.33. The Morgan fingerprint density at radius 1 is 1.31 bits per heavy atom. The number of hydrogen-bond donors (Lipinski definition) is 2. The van der Waals surface area contributed by atoms with E-state index in [0.717, 1.165) is 0 Å². The number of pyridine rings is 1. The molecule has 13 heteroatoms. The van der Waals surface area contributed by atoms with Crippen molar-refractivity contribution in [3.8, 4) is 17.6 Å². The van der Waals surface area contributed by atoms with Crippen LogP contribution in [0.5, 0.6) is 17.6 Å². The number of nitrogens with one attached hydrogen (secondary N) is 2. The molecule has 1 aliphatic heterocycles. The number of carbonyl (C=O) groups is 1. The second kappa shape index (κ2) is 8.43. The van der Waals surface area contributed by atoms with Gasteiger partial charge in [-0.1, -0.05) is 12.1 Å². The third-order valence-corrected chi connectivity index (χ3v) is 5.73. The van der Waals surface area contributed by atoms with Gasteiger partial charge < -0.3 is 13.9 Å². The molecular weight excluding hydrogens is 445 g/mol. The molecule has 0 spiro atoms. The molecule has 0 bridgehead atoms. The molecule has 0 radical (unpaired) electrons. The fourth-order valence-electron chi connectivity index (χ4n) is 3.07. The van der Waals surface area contributed by atoms with E-state index in [4.69, 9.17) is 13.9 Å². The Balaban J connectivity index is 1.56. The minimum absolute atomic E-state index is 0.00724. The first kappa shape index (κ1) is 21.5. The van der Waals surface area contributed by atoms with E-state index in [1.807, 2.05) is 4.72 Å². The van der Waals surface area contributed by atoms with Crippen molar-refractivity contribution in [1.82, 2.24) is 19.6 Å². The maximum Gasteiger partial charge on any atom is 0.416 e. The van der Waals surface area contributed by atoms with E-state index in [-0.39, 0.29) is 35.4 Å². The van der Waals surface area contributed by atoms with Gasteiger partial charge in [-0.15, -0.1) is 0 Å². The monoisotopic (exact) mass is 463 g/mol. The van der Waals surface area contributed by atoms with Crippen molar-refractivity contribution in [3.05, 3.63) is 60.0 Å². The van der Waals surface area contributed by atoms with Crippen LogP contribution in [0.1, 0.15) is 24.2 Å². The predicted molar refractivity (Wildman–Crippen MR) is 109 cm³/mol. The summed E-state index contributed by atoms with van der Waals surface area (Å²) in [6.07, 6.45) is 3.47. The van der Waals surface area contributed by atoms with Crippen LogP contribution in [0, 0.1) is 5.82 Å². The smallest absolute Gasteiger partial charge is 0.416 e. The second-order valence-corrected chi connectivity index (χ2v) is 8.33. The first-order valence-electron chi connectivity index (χ1n) is 9.32. The van der Waals surface area contributed by atoms with Crippen LogP contribution in [-0.4, -0.2) is 36.4 Å². The highest BCUT2D eigenvalue weighted by Gasteiger charge is 2.34. The van der Waals surface area contributed by atoms with Crippen LogP contribution in [0.25, 0.3) is 0 Å². The normalized spacial score (nSPS) is 15.8. The number of fused-ring (bicyclic) bond motifs is 1. The highest BCUT2D eigenvalue weighted by molar-refractivity contribution is 7.90. The van der Waals surface area contributed by atoms with Gasteiger partial charge in [0.15, 0.2) is 17.3 Å². The summed E-state index contributed by atoms with van der Waals surface area (Å²) in [6.45, 7) is 1.54. The number of amides is 1. The molecule has 11 nitrogen and oxygen atoms in total. The number of nitrogens with zero attached hydrogens (tertiary/aromatic N) is 3. The lowest BCUT2D eigenvalue weighted by atomic mass is 10.1. The molecule has 1 aromatic carbocycles. The van der Waals surface area contributed by atoms with Crippen molar-refractivity contribution in [2.24, 2.45) is 0 Å².